The minimum Gasteiger partial charge on any atom is -0.489 e. The second-order valence-corrected chi connectivity index (χ2v) is 12.0. The molecule has 0 fully saturated rings. The van der Waals surface area contributed by atoms with E-state index in [0.29, 0.717) is 24.5 Å². The number of nitrogens with one attached hydrogen (secondary N) is 1. The van der Waals surface area contributed by atoms with Gasteiger partial charge in [-0.25, -0.2) is 9.59 Å². The Bertz CT molecular complexity index is 1280. The summed E-state index contributed by atoms with van der Waals surface area (Å²) < 4.78 is 16.4. The second kappa shape index (κ2) is 15.1. The van der Waals surface area contributed by atoms with Crippen LogP contribution in [0.2, 0.25) is 5.02 Å². The highest BCUT2D eigenvalue weighted by Crippen LogP contribution is 2.36. The normalized spacial score (nSPS) is 12.7. The van der Waals surface area contributed by atoms with Crippen molar-refractivity contribution in [2.24, 2.45) is 0 Å². The lowest BCUT2D eigenvalue weighted by atomic mass is 9.92. The third-order valence-electron chi connectivity index (χ3n) is 6.07. The van der Waals surface area contributed by atoms with Gasteiger partial charge in [0.2, 0.25) is 0 Å². The van der Waals surface area contributed by atoms with Crippen molar-refractivity contribution < 1.29 is 28.9 Å². The lowest BCUT2D eigenvalue weighted by Gasteiger charge is -2.31. The molecule has 0 aliphatic carbocycles. The predicted molar refractivity (Wildman–Crippen MR) is 162 cm³/mol. The number of hydrogen-bond donors (Lipinski definition) is 2. The number of alkyl carbamates (subject to hydrolysis) is 1. The van der Waals surface area contributed by atoms with Crippen LogP contribution in [-0.4, -0.2) is 41.5 Å². The zero-order chi connectivity index (χ0) is 29.9. The molecule has 1 atom stereocenters. The third kappa shape index (κ3) is 9.99. The number of amides is 1. The van der Waals surface area contributed by atoms with Gasteiger partial charge in [0, 0.05) is 9.79 Å². The van der Waals surface area contributed by atoms with Crippen LogP contribution in [0.5, 0.6) is 5.75 Å². The Hall–Kier alpha value is -3.20. The van der Waals surface area contributed by atoms with Crippen molar-refractivity contribution >= 4 is 35.4 Å². The highest BCUT2D eigenvalue weighted by Gasteiger charge is 2.41. The van der Waals surface area contributed by atoms with Crippen molar-refractivity contribution in [3.8, 4) is 5.75 Å². The third-order valence-corrected chi connectivity index (χ3v) is 7.70. The van der Waals surface area contributed by atoms with E-state index in [1.165, 1.54) is 0 Å². The largest absolute Gasteiger partial charge is 0.489 e. The van der Waals surface area contributed by atoms with Crippen LogP contribution in [0.4, 0.5) is 4.79 Å². The second-order valence-electron chi connectivity index (χ2n) is 10.5. The molecule has 220 valence electrons. The average molecular weight is 600 g/mol. The summed E-state index contributed by atoms with van der Waals surface area (Å²) in [4.78, 5) is 27.2. The summed E-state index contributed by atoms with van der Waals surface area (Å²) in [6.07, 6.45) is 0.319. The minimum atomic E-state index is -1.62. The number of rotatable bonds is 13. The van der Waals surface area contributed by atoms with E-state index >= 15 is 0 Å². The van der Waals surface area contributed by atoms with Crippen LogP contribution in [0.25, 0.3) is 0 Å². The van der Waals surface area contributed by atoms with Crippen molar-refractivity contribution in [3.63, 3.8) is 0 Å². The van der Waals surface area contributed by atoms with Gasteiger partial charge in [0.15, 0.2) is 5.54 Å². The highest BCUT2D eigenvalue weighted by atomic mass is 35.5. The summed E-state index contributed by atoms with van der Waals surface area (Å²) in [6, 6.07) is 23.7. The lowest BCUT2D eigenvalue weighted by Crippen LogP contribution is -2.58. The number of esters is 1. The first-order chi connectivity index (χ1) is 19.5. The van der Waals surface area contributed by atoms with E-state index in [-0.39, 0.29) is 13.0 Å². The van der Waals surface area contributed by atoms with E-state index in [4.69, 9.17) is 25.8 Å². The molecule has 0 aliphatic heterocycles. The first kappa shape index (κ1) is 32.3. The molecule has 3 rings (SSSR count). The molecule has 0 aliphatic rings. The molecule has 1 unspecified atom stereocenters. The van der Waals surface area contributed by atoms with Crippen molar-refractivity contribution in [1.82, 2.24) is 5.32 Å². The van der Waals surface area contributed by atoms with Crippen LogP contribution in [0.15, 0.2) is 82.6 Å². The zero-order valence-electron chi connectivity index (χ0n) is 23.9. The van der Waals surface area contributed by atoms with E-state index in [2.05, 4.69) is 5.32 Å². The van der Waals surface area contributed by atoms with Gasteiger partial charge < -0.3 is 24.6 Å². The minimum absolute atomic E-state index is 0.113. The van der Waals surface area contributed by atoms with Gasteiger partial charge >= 0.3 is 12.1 Å². The van der Waals surface area contributed by atoms with Crippen molar-refractivity contribution in [2.75, 3.05) is 13.2 Å². The Balaban J connectivity index is 1.63. The summed E-state index contributed by atoms with van der Waals surface area (Å²) >= 11 is 8.33. The van der Waals surface area contributed by atoms with Crippen LogP contribution in [-0.2, 0) is 27.3 Å². The fourth-order valence-electron chi connectivity index (χ4n) is 4.05. The Labute approximate surface area is 251 Å². The van der Waals surface area contributed by atoms with Crippen LogP contribution in [0.1, 0.15) is 51.7 Å². The van der Waals surface area contributed by atoms with Gasteiger partial charge in [0.1, 0.15) is 18.0 Å². The van der Waals surface area contributed by atoms with Crippen molar-refractivity contribution in [3.05, 3.63) is 88.9 Å². The molecule has 9 heteroatoms. The van der Waals surface area contributed by atoms with Crippen LogP contribution >= 0.6 is 23.4 Å². The number of halogens is 1. The summed E-state index contributed by atoms with van der Waals surface area (Å²) in [5.41, 5.74) is -0.385. The zero-order valence-corrected chi connectivity index (χ0v) is 25.5. The van der Waals surface area contributed by atoms with E-state index in [1.54, 1.807) is 39.5 Å². The van der Waals surface area contributed by atoms with Gasteiger partial charge in [-0.15, -0.1) is 0 Å². The molecule has 0 heterocycles. The molecule has 1 amide bonds. The Morgan fingerprint density at radius 2 is 1.68 bits per heavy atom. The molecule has 41 heavy (non-hydrogen) atoms. The molecule has 0 saturated carbocycles. The Morgan fingerprint density at radius 3 is 2.32 bits per heavy atom. The topological polar surface area (TPSA) is 94.1 Å². The Morgan fingerprint density at radius 1 is 0.976 bits per heavy atom. The van der Waals surface area contributed by atoms with E-state index < -0.39 is 29.8 Å². The van der Waals surface area contributed by atoms with Crippen LogP contribution in [0, 0.1) is 0 Å². The molecule has 3 aromatic carbocycles. The average Bonchev–Trinajstić information content (AvgIpc) is 2.93. The number of aliphatic hydroxyl groups is 1. The lowest BCUT2D eigenvalue weighted by molar-refractivity contribution is -0.153. The number of aryl methyl sites for hydroxylation is 1. The quantitative estimate of drug-likeness (QED) is 0.200. The Kier molecular flexibility index (Phi) is 11.9. The molecule has 0 radical (unpaired) electrons. The van der Waals surface area contributed by atoms with Crippen LogP contribution in [0.3, 0.4) is 0 Å². The van der Waals surface area contributed by atoms with Gasteiger partial charge in [-0.1, -0.05) is 65.8 Å². The number of ether oxygens (including phenoxy) is 3. The van der Waals surface area contributed by atoms with Gasteiger partial charge in [0.05, 0.1) is 18.2 Å². The molecule has 0 spiro atoms. The molecular weight excluding hydrogens is 562 g/mol. The van der Waals surface area contributed by atoms with E-state index in [1.807, 2.05) is 72.8 Å². The standard InChI is InChI=1S/C32H38ClNO6S/c1-5-38-29(36)32(22-35,34-30(37)40-31(2,3)4)20-10-14-24-13-9-15-27(28(24)33)41-26-18-16-25(17-19-26)39-21-23-11-7-6-8-12-23/h6-9,11-13,15-19,35H,5,10,14,20-22H2,1-4H3,(H,34,37). The summed E-state index contributed by atoms with van der Waals surface area (Å²) in [7, 11) is 0. The van der Waals surface area contributed by atoms with E-state index in [9.17, 15) is 14.7 Å². The summed E-state index contributed by atoms with van der Waals surface area (Å²) in [5.74, 6) is 0.0759. The molecule has 7 nitrogen and oxygen atoms in total. The summed E-state index contributed by atoms with van der Waals surface area (Å²) in [6.45, 7) is 6.82. The molecule has 0 aromatic heterocycles. The van der Waals surface area contributed by atoms with Gasteiger partial charge in [-0.2, -0.15) is 0 Å². The van der Waals surface area contributed by atoms with E-state index in [0.717, 1.165) is 26.7 Å². The SMILES string of the molecule is CCOC(=O)C(CO)(CCCc1cccc(Sc2ccc(OCc3ccccc3)cc2)c1Cl)NC(=O)OC(C)(C)C. The maximum Gasteiger partial charge on any atom is 0.408 e. The van der Waals surface area contributed by atoms with Gasteiger partial charge in [0.25, 0.3) is 0 Å². The number of aliphatic hydroxyl groups excluding tert-OH is 1. The first-order valence-electron chi connectivity index (χ1n) is 13.6. The molecule has 0 saturated heterocycles. The van der Waals surface area contributed by atoms with Gasteiger partial charge in [-0.05, 0) is 88.4 Å². The van der Waals surface area contributed by atoms with Crippen LogP contribution < -0.4 is 10.1 Å². The molecule has 2 N–H and O–H groups in total. The predicted octanol–water partition coefficient (Wildman–Crippen LogP) is 7.21. The molecule has 3 aromatic rings. The molecule has 0 bridgehead atoms. The van der Waals surface area contributed by atoms with Crippen molar-refractivity contribution in [2.45, 2.75) is 74.5 Å². The maximum atomic E-state index is 12.8. The van der Waals surface area contributed by atoms with Gasteiger partial charge in [-0.3, -0.25) is 0 Å². The molecular formula is C32H38ClNO6S. The summed E-state index contributed by atoms with van der Waals surface area (Å²) in [5, 5.41) is 13.4. The number of carbonyl (C=O) groups is 2. The smallest absolute Gasteiger partial charge is 0.408 e. The number of carbonyl (C=O) groups excluding carboxylic acids is 2. The fourth-order valence-corrected chi connectivity index (χ4v) is 5.28. The highest BCUT2D eigenvalue weighted by molar-refractivity contribution is 7.99. The van der Waals surface area contributed by atoms with Crippen molar-refractivity contribution in [1.29, 1.82) is 0 Å². The maximum absolute atomic E-state index is 12.8. The monoisotopic (exact) mass is 599 g/mol. The fraction of sp³-hybridized carbons (Fsp3) is 0.375. The number of benzene rings is 3. The number of hydrogen-bond acceptors (Lipinski definition) is 7. The first-order valence-corrected chi connectivity index (χ1v) is 14.8.